The van der Waals surface area contributed by atoms with Crippen LogP contribution in [0.2, 0.25) is 0 Å². The molecule has 1 atom stereocenters. The maximum atomic E-state index is 6.19. The fourth-order valence-corrected chi connectivity index (χ4v) is 5.35. The van der Waals surface area contributed by atoms with Crippen LogP contribution in [-0.2, 0) is 0 Å². The summed E-state index contributed by atoms with van der Waals surface area (Å²) < 4.78 is 0. The van der Waals surface area contributed by atoms with Crippen LogP contribution in [-0.4, -0.2) is 17.4 Å². The number of unbranched alkanes of at least 4 members (excludes halogenated alkanes) is 6. The fourth-order valence-electron chi connectivity index (χ4n) is 2.54. The summed E-state index contributed by atoms with van der Waals surface area (Å²) in [4.78, 5) is 0. The first-order valence-electron chi connectivity index (χ1n) is 8.05. The van der Waals surface area contributed by atoms with Gasteiger partial charge in [0.05, 0.1) is 0 Å². The van der Waals surface area contributed by atoms with Gasteiger partial charge in [0.25, 0.3) is 0 Å². The molecular weight excluding hydrogens is 292 g/mol. The Balaban J connectivity index is 4.03. The molecule has 3 heteroatoms. The van der Waals surface area contributed by atoms with E-state index >= 15 is 0 Å². The number of hydrogen-bond acceptors (Lipinski definition) is 2. The van der Waals surface area contributed by atoms with E-state index < -0.39 is 0 Å². The van der Waals surface area contributed by atoms with Crippen LogP contribution >= 0.6 is 33.2 Å². The van der Waals surface area contributed by atoms with E-state index in [9.17, 15) is 0 Å². The zero-order chi connectivity index (χ0) is 14.3. The molecule has 116 valence electrons. The SMILES string of the molecule is CCCCCCC(CCCCCC)[C@@H](CCl)SSC. The van der Waals surface area contributed by atoms with Crippen LogP contribution in [0.25, 0.3) is 0 Å². The lowest BCUT2D eigenvalue weighted by molar-refractivity contribution is 0.406. The summed E-state index contributed by atoms with van der Waals surface area (Å²) in [5, 5.41) is 0.653. The molecule has 0 amide bonds. The average molecular weight is 325 g/mol. The van der Waals surface area contributed by atoms with Gasteiger partial charge in [-0.25, -0.2) is 0 Å². The van der Waals surface area contributed by atoms with Crippen LogP contribution in [0, 0.1) is 5.92 Å². The van der Waals surface area contributed by atoms with E-state index in [1.54, 1.807) is 0 Å². The Bertz CT molecular complexity index is 164. The smallest absolute Gasteiger partial charge is 0.0353 e. The average Bonchev–Trinajstić information content (AvgIpc) is 2.43. The third-order valence-corrected chi connectivity index (χ3v) is 6.58. The molecule has 0 aliphatic heterocycles. The quantitative estimate of drug-likeness (QED) is 0.189. The Morgan fingerprint density at radius 2 is 1.37 bits per heavy atom. The van der Waals surface area contributed by atoms with Gasteiger partial charge in [0, 0.05) is 11.1 Å². The van der Waals surface area contributed by atoms with Gasteiger partial charge in [-0.05, 0) is 25.0 Å². The van der Waals surface area contributed by atoms with Crippen LogP contribution in [0.15, 0.2) is 0 Å². The Hall–Kier alpha value is 0.990. The van der Waals surface area contributed by atoms with Crippen LogP contribution in [0.5, 0.6) is 0 Å². The van der Waals surface area contributed by atoms with E-state index in [1.165, 1.54) is 64.2 Å². The summed E-state index contributed by atoms with van der Waals surface area (Å²) in [5.41, 5.74) is 0. The number of hydrogen-bond donors (Lipinski definition) is 0. The van der Waals surface area contributed by atoms with E-state index in [0.29, 0.717) is 5.25 Å². The molecule has 0 bridgehead atoms. The van der Waals surface area contributed by atoms with Crippen LogP contribution in [0.1, 0.15) is 78.1 Å². The molecule has 19 heavy (non-hydrogen) atoms. The highest BCUT2D eigenvalue weighted by Crippen LogP contribution is 2.35. The first-order chi connectivity index (χ1) is 9.29. The molecule has 0 rings (SSSR count). The first-order valence-corrected chi connectivity index (χ1v) is 11.2. The van der Waals surface area contributed by atoms with Gasteiger partial charge in [-0.2, -0.15) is 0 Å². The summed E-state index contributed by atoms with van der Waals surface area (Å²) in [5.74, 6) is 1.65. The maximum absolute atomic E-state index is 6.19. The van der Waals surface area contributed by atoms with Crippen molar-refractivity contribution in [2.45, 2.75) is 83.3 Å². The van der Waals surface area contributed by atoms with E-state index in [-0.39, 0.29) is 0 Å². The number of halogens is 1. The molecule has 0 aromatic rings. The highest BCUT2D eigenvalue weighted by molar-refractivity contribution is 8.76. The van der Waals surface area contributed by atoms with Gasteiger partial charge < -0.3 is 0 Å². The molecule has 0 saturated heterocycles. The fraction of sp³-hybridized carbons (Fsp3) is 1.00. The highest BCUT2D eigenvalue weighted by Gasteiger charge is 2.20. The predicted octanol–water partition coefficient (Wildman–Crippen LogP) is 7.16. The summed E-state index contributed by atoms with van der Waals surface area (Å²) in [6.07, 6.45) is 16.0. The summed E-state index contributed by atoms with van der Waals surface area (Å²) in [7, 11) is 3.88. The van der Waals surface area contributed by atoms with Crippen LogP contribution < -0.4 is 0 Å². The van der Waals surface area contributed by atoms with E-state index in [4.69, 9.17) is 11.6 Å². The zero-order valence-corrected chi connectivity index (χ0v) is 15.5. The molecule has 0 fully saturated rings. The molecule has 0 aliphatic carbocycles. The molecule has 0 aliphatic rings. The Labute approximate surface area is 134 Å². The third-order valence-electron chi connectivity index (χ3n) is 3.75. The number of alkyl halides is 1. The van der Waals surface area contributed by atoms with Crippen molar-refractivity contribution in [2.24, 2.45) is 5.92 Å². The van der Waals surface area contributed by atoms with Crippen molar-refractivity contribution in [1.29, 1.82) is 0 Å². The first kappa shape index (κ1) is 20.0. The second-order valence-corrected chi connectivity index (χ2v) is 8.43. The molecule has 0 unspecified atom stereocenters. The molecule has 0 N–H and O–H groups in total. The minimum Gasteiger partial charge on any atom is -0.125 e. The topological polar surface area (TPSA) is 0 Å². The van der Waals surface area contributed by atoms with Crippen molar-refractivity contribution in [3.8, 4) is 0 Å². The van der Waals surface area contributed by atoms with Crippen molar-refractivity contribution in [3.63, 3.8) is 0 Å². The van der Waals surface area contributed by atoms with Crippen molar-refractivity contribution in [1.82, 2.24) is 0 Å². The minimum atomic E-state index is 0.653. The van der Waals surface area contributed by atoms with Gasteiger partial charge in [-0.1, -0.05) is 86.8 Å². The van der Waals surface area contributed by atoms with Crippen molar-refractivity contribution in [3.05, 3.63) is 0 Å². The lowest BCUT2D eigenvalue weighted by Crippen LogP contribution is -2.18. The monoisotopic (exact) mass is 324 g/mol. The molecule has 0 aromatic carbocycles. The Kier molecular flexibility index (Phi) is 16.2. The second-order valence-electron chi connectivity index (χ2n) is 5.41. The Morgan fingerprint density at radius 3 is 1.74 bits per heavy atom. The van der Waals surface area contributed by atoms with Gasteiger partial charge in [0.1, 0.15) is 0 Å². The number of rotatable bonds is 14. The second kappa shape index (κ2) is 15.4. The summed E-state index contributed by atoms with van der Waals surface area (Å²) >= 11 is 6.19. The minimum absolute atomic E-state index is 0.653. The zero-order valence-electron chi connectivity index (χ0n) is 13.1. The van der Waals surface area contributed by atoms with Gasteiger partial charge in [0.2, 0.25) is 0 Å². The Morgan fingerprint density at radius 1 is 0.842 bits per heavy atom. The molecule has 0 radical (unpaired) electrons. The van der Waals surface area contributed by atoms with Gasteiger partial charge in [-0.15, -0.1) is 11.6 Å². The largest absolute Gasteiger partial charge is 0.125 e. The van der Waals surface area contributed by atoms with E-state index in [0.717, 1.165) is 11.8 Å². The van der Waals surface area contributed by atoms with Crippen LogP contribution in [0.3, 0.4) is 0 Å². The van der Waals surface area contributed by atoms with Crippen molar-refractivity contribution in [2.75, 3.05) is 12.1 Å². The van der Waals surface area contributed by atoms with E-state index in [1.807, 2.05) is 21.6 Å². The third kappa shape index (κ3) is 11.3. The van der Waals surface area contributed by atoms with Gasteiger partial charge in [-0.3, -0.25) is 0 Å². The highest BCUT2D eigenvalue weighted by atomic mass is 35.5. The molecule has 0 saturated carbocycles. The molecule has 0 heterocycles. The molecule has 0 nitrogen and oxygen atoms in total. The maximum Gasteiger partial charge on any atom is 0.0353 e. The summed E-state index contributed by atoms with van der Waals surface area (Å²) in [6, 6.07) is 0. The lowest BCUT2D eigenvalue weighted by Gasteiger charge is -2.24. The molecule has 0 spiro atoms. The standard InChI is InChI=1S/C16H33ClS2/c1-4-6-8-10-12-15(13-11-9-7-5-2)16(14-17)19-18-3/h15-16H,4-14H2,1-3H3/t16-/m1/s1. The normalized spacial score (nSPS) is 13.1. The van der Waals surface area contributed by atoms with Crippen LogP contribution in [0.4, 0.5) is 0 Å². The van der Waals surface area contributed by atoms with E-state index in [2.05, 4.69) is 20.1 Å². The molecular formula is C16H33ClS2. The summed E-state index contributed by atoms with van der Waals surface area (Å²) in [6.45, 7) is 4.57. The van der Waals surface area contributed by atoms with Gasteiger partial charge in [0.15, 0.2) is 0 Å². The predicted molar refractivity (Wildman–Crippen MR) is 96.6 cm³/mol. The lowest BCUT2D eigenvalue weighted by atomic mass is 9.92. The van der Waals surface area contributed by atoms with Crippen molar-refractivity contribution < 1.29 is 0 Å². The molecule has 0 aromatic heterocycles. The van der Waals surface area contributed by atoms with Crippen molar-refractivity contribution >= 4 is 33.2 Å². The van der Waals surface area contributed by atoms with Gasteiger partial charge >= 0.3 is 0 Å².